The number of carbonyl (C=O) groups is 1. The molecular formula is C12H11N3O2. The van der Waals surface area contributed by atoms with Crippen molar-refractivity contribution in [2.24, 2.45) is 0 Å². The van der Waals surface area contributed by atoms with Gasteiger partial charge in [-0.3, -0.25) is 5.01 Å². The van der Waals surface area contributed by atoms with Gasteiger partial charge in [-0.1, -0.05) is 6.07 Å². The van der Waals surface area contributed by atoms with Crippen molar-refractivity contribution in [2.45, 2.75) is 12.5 Å². The molecule has 0 aromatic heterocycles. The normalized spacial score (nSPS) is 22.5. The minimum absolute atomic E-state index is 0.529. The molecule has 0 radical (unpaired) electrons. The Morgan fingerprint density at radius 1 is 1.59 bits per heavy atom. The highest BCUT2D eigenvalue weighted by atomic mass is 16.4. The Balaban J connectivity index is 2.25. The zero-order chi connectivity index (χ0) is 12.5. The molecule has 0 amide bonds. The molecular weight excluding hydrogens is 218 g/mol. The molecule has 17 heavy (non-hydrogen) atoms. The first kappa shape index (κ1) is 11.2. The van der Waals surface area contributed by atoms with Gasteiger partial charge in [-0.2, -0.15) is 5.26 Å². The topological polar surface area (TPSA) is 76.4 Å². The largest absolute Gasteiger partial charge is 0.480 e. The van der Waals surface area contributed by atoms with E-state index in [1.165, 1.54) is 0 Å². The SMILES string of the molecule is CC1(C(=O)O)C=CN(c2cccc(C#N)c2)N1. The fourth-order valence-electron chi connectivity index (χ4n) is 1.54. The highest BCUT2D eigenvalue weighted by molar-refractivity contribution is 5.82. The maximum Gasteiger partial charge on any atom is 0.329 e. The zero-order valence-electron chi connectivity index (χ0n) is 9.21. The lowest BCUT2D eigenvalue weighted by Crippen LogP contribution is -2.50. The van der Waals surface area contributed by atoms with Crippen LogP contribution in [0.5, 0.6) is 0 Å². The van der Waals surface area contributed by atoms with Gasteiger partial charge in [0.1, 0.15) is 0 Å². The van der Waals surface area contributed by atoms with Crippen LogP contribution in [0.25, 0.3) is 0 Å². The van der Waals surface area contributed by atoms with E-state index in [0.717, 1.165) is 5.69 Å². The van der Waals surface area contributed by atoms with Crippen LogP contribution >= 0.6 is 0 Å². The molecule has 2 rings (SSSR count). The molecule has 86 valence electrons. The van der Waals surface area contributed by atoms with Crippen molar-refractivity contribution in [3.05, 3.63) is 42.1 Å². The van der Waals surface area contributed by atoms with Crippen LogP contribution in [0.2, 0.25) is 0 Å². The number of hydrazine groups is 1. The molecule has 0 spiro atoms. The number of anilines is 1. The van der Waals surface area contributed by atoms with Crippen molar-refractivity contribution < 1.29 is 9.90 Å². The van der Waals surface area contributed by atoms with Gasteiger partial charge < -0.3 is 5.11 Å². The van der Waals surface area contributed by atoms with Crippen molar-refractivity contribution >= 4 is 11.7 Å². The number of carboxylic acid groups (broad SMARTS) is 1. The summed E-state index contributed by atoms with van der Waals surface area (Å²) in [4.78, 5) is 11.0. The smallest absolute Gasteiger partial charge is 0.329 e. The molecule has 0 fully saturated rings. The summed E-state index contributed by atoms with van der Waals surface area (Å²) in [5.74, 6) is -0.951. The Bertz CT molecular complexity index is 533. The van der Waals surface area contributed by atoms with E-state index in [2.05, 4.69) is 5.43 Å². The number of nitriles is 1. The number of carboxylic acids is 1. The van der Waals surface area contributed by atoms with Crippen LogP contribution in [0.4, 0.5) is 5.69 Å². The van der Waals surface area contributed by atoms with E-state index < -0.39 is 11.5 Å². The number of hydrogen-bond donors (Lipinski definition) is 2. The van der Waals surface area contributed by atoms with Gasteiger partial charge in [0.25, 0.3) is 0 Å². The monoisotopic (exact) mass is 229 g/mol. The van der Waals surface area contributed by atoms with Gasteiger partial charge in [0.2, 0.25) is 0 Å². The number of rotatable bonds is 2. The van der Waals surface area contributed by atoms with E-state index in [9.17, 15) is 4.79 Å². The first-order valence-corrected chi connectivity index (χ1v) is 5.05. The standard InChI is InChI=1S/C12H11N3O2/c1-12(11(16)17)5-6-15(14-12)10-4-2-3-9(7-10)8-13/h2-7,14H,1H3,(H,16,17). The van der Waals surface area contributed by atoms with Crippen LogP contribution in [-0.2, 0) is 4.79 Å². The fourth-order valence-corrected chi connectivity index (χ4v) is 1.54. The first-order valence-electron chi connectivity index (χ1n) is 5.05. The Morgan fingerprint density at radius 3 is 2.94 bits per heavy atom. The lowest BCUT2D eigenvalue weighted by Gasteiger charge is -2.23. The molecule has 0 saturated heterocycles. The molecule has 1 aliphatic heterocycles. The number of nitrogens with zero attached hydrogens (tertiary/aromatic N) is 2. The summed E-state index contributed by atoms with van der Waals surface area (Å²) in [5.41, 5.74) is 3.00. The van der Waals surface area contributed by atoms with Crippen molar-refractivity contribution in [3.63, 3.8) is 0 Å². The van der Waals surface area contributed by atoms with Gasteiger partial charge in [-0.15, -0.1) is 0 Å². The van der Waals surface area contributed by atoms with Gasteiger partial charge in [0, 0.05) is 6.20 Å². The molecule has 1 heterocycles. The van der Waals surface area contributed by atoms with E-state index in [-0.39, 0.29) is 0 Å². The minimum Gasteiger partial charge on any atom is -0.480 e. The van der Waals surface area contributed by atoms with Crippen molar-refractivity contribution in [1.82, 2.24) is 5.43 Å². The Kier molecular flexibility index (Phi) is 2.58. The highest BCUT2D eigenvalue weighted by Crippen LogP contribution is 2.22. The van der Waals surface area contributed by atoms with Gasteiger partial charge in [0.15, 0.2) is 5.54 Å². The summed E-state index contributed by atoms with van der Waals surface area (Å²) in [5, 5.41) is 19.4. The third kappa shape index (κ3) is 1.98. The summed E-state index contributed by atoms with van der Waals surface area (Å²) in [7, 11) is 0. The van der Waals surface area contributed by atoms with Crippen LogP contribution in [0.15, 0.2) is 36.5 Å². The zero-order valence-corrected chi connectivity index (χ0v) is 9.21. The quantitative estimate of drug-likeness (QED) is 0.797. The van der Waals surface area contributed by atoms with E-state index in [0.29, 0.717) is 5.56 Å². The van der Waals surface area contributed by atoms with E-state index in [1.807, 2.05) is 6.07 Å². The molecule has 1 atom stereocenters. The molecule has 1 aliphatic rings. The molecule has 2 N–H and O–H groups in total. The van der Waals surface area contributed by atoms with Crippen LogP contribution in [0.1, 0.15) is 12.5 Å². The maximum absolute atomic E-state index is 11.0. The van der Waals surface area contributed by atoms with Crippen LogP contribution in [-0.4, -0.2) is 16.6 Å². The molecule has 0 aliphatic carbocycles. The van der Waals surface area contributed by atoms with Gasteiger partial charge >= 0.3 is 5.97 Å². The average molecular weight is 229 g/mol. The predicted octanol–water partition coefficient (Wildman–Crippen LogP) is 1.24. The van der Waals surface area contributed by atoms with Crippen molar-refractivity contribution in [2.75, 3.05) is 5.01 Å². The van der Waals surface area contributed by atoms with Crippen LogP contribution in [0.3, 0.4) is 0 Å². The number of aliphatic carboxylic acids is 1. The summed E-state index contributed by atoms with van der Waals surface area (Å²) >= 11 is 0. The lowest BCUT2D eigenvalue weighted by atomic mass is 10.1. The molecule has 5 heteroatoms. The van der Waals surface area contributed by atoms with E-state index >= 15 is 0 Å². The van der Waals surface area contributed by atoms with E-state index in [1.54, 1.807) is 48.5 Å². The maximum atomic E-state index is 11.0. The predicted molar refractivity (Wildman–Crippen MR) is 62.0 cm³/mol. The molecule has 0 bridgehead atoms. The Labute approximate surface area is 98.6 Å². The lowest BCUT2D eigenvalue weighted by molar-refractivity contribution is -0.141. The molecule has 0 saturated carbocycles. The summed E-state index contributed by atoms with van der Waals surface area (Å²) in [6, 6.07) is 8.97. The molecule has 1 aromatic carbocycles. The Morgan fingerprint density at radius 2 is 2.35 bits per heavy atom. The highest BCUT2D eigenvalue weighted by Gasteiger charge is 2.36. The summed E-state index contributed by atoms with van der Waals surface area (Å²) in [6.07, 6.45) is 3.21. The number of benzene rings is 1. The molecule has 1 unspecified atom stereocenters. The summed E-state index contributed by atoms with van der Waals surface area (Å²) < 4.78 is 0. The second kappa shape index (κ2) is 3.92. The van der Waals surface area contributed by atoms with Gasteiger partial charge in [-0.05, 0) is 31.2 Å². The minimum atomic E-state index is -1.11. The third-order valence-corrected chi connectivity index (χ3v) is 2.61. The third-order valence-electron chi connectivity index (χ3n) is 2.61. The average Bonchev–Trinajstić information content (AvgIpc) is 2.74. The van der Waals surface area contributed by atoms with E-state index in [4.69, 9.17) is 10.4 Å². The number of hydrogen-bond acceptors (Lipinski definition) is 4. The second-order valence-electron chi connectivity index (χ2n) is 3.97. The number of nitrogens with one attached hydrogen (secondary N) is 1. The van der Waals surface area contributed by atoms with Crippen molar-refractivity contribution in [3.8, 4) is 6.07 Å². The molecule has 1 aromatic rings. The van der Waals surface area contributed by atoms with Gasteiger partial charge in [-0.25, -0.2) is 10.2 Å². The first-order chi connectivity index (χ1) is 8.05. The van der Waals surface area contributed by atoms with Crippen LogP contribution < -0.4 is 10.4 Å². The van der Waals surface area contributed by atoms with Crippen molar-refractivity contribution in [1.29, 1.82) is 5.26 Å². The fraction of sp³-hybridized carbons (Fsp3) is 0.167. The second-order valence-corrected chi connectivity index (χ2v) is 3.97. The summed E-state index contributed by atoms with van der Waals surface area (Å²) in [6.45, 7) is 1.57. The Hall–Kier alpha value is -2.32. The molecule has 5 nitrogen and oxygen atoms in total. The van der Waals surface area contributed by atoms with Crippen LogP contribution in [0, 0.1) is 11.3 Å². The van der Waals surface area contributed by atoms with Gasteiger partial charge in [0.05, 0.1) is 17.3 Å².